The van der Waals surface area contributed by atoms with Gasteiger partial charge in [0.25, 0.3) is 0 Å². The van der Waals surface area contributed by atoms with Crippen LogP contribution in [-0.2, 0) is 4.84 Å². The first-order valence-corrected chi connectivity index (χ1v) is 7.75. The zero-order valence-electron chi connectivity index (χ0n) is 11.4. The first-order chi connectivity index (χ1) is 8.83. The molecule has 4 aliphatic rings. The number of hydrogen-bond donors (Lipinski definition) is 0. The lowest BCUT2D eigenvalue weighted by atomic mass is 9.84. The van der Waals surface area contributed by atoms with Crippen LogP contribution in [0, 0.1) is 35.5 Å². The van der Waals surface area contributed by atoms with Gasteiger partial charge in [-0.25, -0.2) is 0 Å². The van der Waals surface area contributed by atoms with Crippen molar-refractivity contribution in [2.45, 2.75) is 45.6 Å². The normalized spacial score (nSPS) is 47.4. The van der Waals surface area contributed by atoms with E-state index in [-0.39, 0.29) is 0 Å². The predicted molar refractivity (Wildman–Crippen MR) is 72.2 cm³/mol. The van der Waals surface area contributed by atoms with Gasteiger partial charge in [-0.15, -0.1) is 0 Å². The van der Waals surface area contributed by atoms with Crippen LogP contribution in [0.1, 0.15) is 39.5 Å². The summed E-state index contributed by atoms with van der Waals surface area (Å²) in [6, 6.07) is 0. The summed E-state index contributed by atoms with van der Waals surface area (Å²) in [5.41, 5.74) is 1.40. The van der Waals surface area contributed by atoms with E-state index < -0.39 is 0 Å². The molecule has 4 rings (SSSR count). The van der Waals surface area contributed by atoms with E-state index in [1.807, 2.05) is 0 Å². The molecule has 98 valence electrons. The van der Waals surface area contributed by atoms with E-state index in [4.69, 9.17) is 4.84 Å². The quantitative estimate of drug-likeness (QED) is 0.696. The molecule has 0 N–H and O–H groups in total. The van der Waals surface area contributed by atoms with Crippen molar-refractivity contribution in [2.24, 2.45) is 40.7 Å². The minimum absolute atomic E-state index is 0.422. The molecule has 0 amide bonds. The largest absolute Gasteiger partial charge is 0.391 e. The molecule has 2 bridgehead atoms. The Morgan fingerprint density at radius 1 is 1.22 bits per heavy atom. The third kappa shape index (κ3) is 1.27. The van der Waals surface area contributed by atoms with Gasteiger partial charge >= 0.3 is 0 Å². The monoisotopic (exact) mass is 245 g/mol. The predicted octanol–water partition coefficient (Wildman–Crippen LogP) is 3.64. The Bertz CT molecular complexity index is 409. The lowest BCUT2D eigenvalue weighted by Gasteiger charge is -2.23. The van der Waals surface area contributed by atoms with Crippen molar-refractivity contribution in [3.63, 3.8) is 0 Å². The second-order valence-corrected chi connectivity index (χ2v) is 6.63. The maximum absolute atomic E-state index is 5.89. The van der Waals surface area contributed by atoms with Gasteiger partial charge in [0.15, 0.2) is 0 Å². The van der Waals surface area contributed by atoms with Gasteiger partial charge in [-0.3, -0.25) is 0 Å². The van der Waals surface area contributed by atoms with Crippen LogP contribution >= 0.6 is 0 Å². The molecular weight excluding hydrogens is 222 g/mol. The van der Waals surface area contributed by atoms with E-state index in [1.54, 1.807) is 0 Å². The minimum Gasteiger partial charge on any atom is -0.391 e. The zero-order chi connectivity index (χ0) is 12.3. The summed E-state index contributed by atoms with van der Waals surface area (Å²) in [7, 11) is 0. The molecule has 0 saturated heterocycles. The smallest absolute Gasteiger partial charge is 0.139 e. The molecule has 2 saturated carbocycles. The van der Waals surface area contributed by atoms with Crippen LogP contribution in [-0.4, -0.2) is 11.8 Å². The number of rotatable bonds is 3. The maximum atomic E-state index is 5.89. The number of fused-ring (bicyclic) bond motifs is 7. The number of nitrogens with zero attached hydrogens (tertiary/aromatic N) is 1. The Hall–Kier alpha value is -0.790. The first kappa shape index (κ1) is 11.1. The minimum atomic E-state index is 0.422. The van der Waals surface area contributed by atoms with Crippen molar-refractivity contribution in [1.82, 2.24) is 0 Å². The van der Waals surface area contributed by atoms with Gasteiger partial charge in [-0.2, -0.15) is 0 Å². The Morgan fingerprint density at radius 3 is 2.78 bits per heavy atom. The highest BCUT2D eigenvalue weighted by atomic mass is 16.6. The molecule has 1 aliphatic heterocycles. The first-order valence-electron chi connectivity index (χ1n) is 7.75. The van der Waals surface area contributed by atoms with E-state index in [0.29, 0.717) is 17.9 Å². The summed E-state index contributed by atoms with van der Waals surface area (Å²) in [6.45, 7) is 4.57. The zero-order valence-corrected chi connectivity index (χ0v) is 11.4. The molecule has 0 aromatic carbocycles. The molecule has 3 aliphatic carbocycles. The van der Waals surface area contributed by atoms with Crippen molar-refractivity contribution in [3.8, 4) is 0 Å². The molecule has 6 atom stereocenters. The van der Waals surface area contributed by atoms with Crippen molar-refractivity contribution < 1.29 is 4.84 Å². The second-order valence-electron chi connectivity index (χ2n) is 6.63. The van der Waals surface area contributed by atoms with Crippen molar-refractivity contribution in [1.29, 1.82) is 0 Å². The van der Waals surface area contributed by atoms with Crippen LogP contribution in [0.3, 0.4) is 0 Å². The van der Waals surface area contributed by atoms with Crippen LogP contribution in [0.25, 0.3) is 0 Å². The molecule has 0 aromatic rings. The number of oxime groups is 1. The highest BCUT2D eigenvalue weighted by Crippen LogP contribution is 2.59. The van der Waals surface area contributed by atoms with Gasteiger partial charge in [0.1, 0.15) is 6.10 Å². The van der Waals surface area contributed by atoms with Crippen LogP contribution in [0.4, 0.5) is 0 Å². The van der Waals surface area contributed by atoms with Gasteiger partial charge in [-0.05, 0) is 43.4 Å². The SMILES string of the molecule is CCC(CC)C1=NOC2C1CC1C3C=CC(C3)C12. The van der Waals surface area contributed by atoms with Crippen LogP contribution in [0.5, 0.6) is 0 Å². The third-order valence-electron chi connectivity index (χ3n) is 6.05. The molecule has 2 nitrogen and oxygen atoms in total. The third-order valence-corrected chi connectivity index (χ3v) is 6.05. The molecule has 18 heavy (non-hydrogen) atoms. The lowest BCUT2D eigenvalue weighted by Crippen LogP contribution is -2.29. The summed E-state index contributed by atoms with van der Waals surface area (Å²) in [5, 5.41) is 4.50. The molecule has 2 heteroatoms. The average Bonchev–Trinajstić information content (AvgIpc) is 3.07. The molecule has 2 fully saturated rings. The molecule has 1 heterocycles. The molecule has 0 radical (unpaired) electrons. The highest BCUT2D eigenvalue weighted by Gasteiger charge is 2.59. The Balaban J connectivity index is 1.58. The lowest BCUT2D eigenvalue weighted by molar-refractivity contribution is 0.0267. The van der Waals surface area contributed by atoms with Crippen molar-refractivity contribution >= 4 is 5.71 Å². The molecular formula is C16H23NO. The number of hydrogen-bond acceptors (Lipinski definition) is 2. The topological polar surface area (TPSA) is 21.6 Å². The standard InChI is InChI=1S/C16H23NO/c1-3-9(4-2)15-13-8-12-10-5-6-11(7-10)14(12)16(13)18-17-15/h5-6,9-14,16H,3-4,7-8H2,1-2H3. The van der Waals surface area contributed by atoms with Gasteiger partial charge in [-0.1, -0.05) is 31.2 Å². The highest BCUT2D eigenvalue weighted by molar-refractivity contribution is 5.90. The molecule has 0 spiro atoms. The van der Waals surface area contributed by atoms with Gasteiger partial charge in [0.2, 0.25) is 0 Å². The van der Waals surface area contributed by atoms with Gasteiger partial charge in [0, 0.05) is 17.8 Å². The summed E-state index contributed by atoms with van der Waals surface area (Å²) in [6.07, 6.45) is 10.5. The fraction of sp³-hybridized carbons (Fsp3) is 0.812. The summed E-state index contributed by atoms with van der Waals surface area (Å²) in [5.74, 6) is 4.64. The van der Waals surface area contributed by atoms with E-state index >= 15 is 0 Å². The van der Waals surface area contributed by atoms with E-state index in [1.165, 1.54) is 31.4 Å². The van der Waals surface area contributed by atoms with Gasteiger partial charge in [0.05, 0.1) is 5.71 Å². The molecule has 0 aromatic heterocycles. The average molecular weight is 245 g/mol. The van der Waals surface area contributed by atoms with E-state index in [2.05, 4.69) is 31.2 Å². The van der Waals surface area contributed by atoms with E-state index in [9.17, 15) is 0 Å². The molecule has 6 unspecified atom stereocenters. The van der Waals surface area contributed by atoms with Crippen LogP contribution in [0.2, 0.25) is 0 Å². The van der Waals surface area contributed by atoms with Crippen LogP contribution < -0.4 is 0 Å². The van der Waals surface area contributed by atoms with Crippen molar-refractivity contribution in [2.75, 3.05) is 0 Å². The fourth-order valence-corrected chi connectivity index (χ4v) is 5.18. The summed E-state index contributed by atoms with van der Waals surface area (Å²) < 4.78 is 0. The van der Waals surface area contributed by atoms with Crippen LogP contribution in [0.15, 0.2) is 17.3 Å². The summed E-state index contributed by atoms with van der Waals surface area (Å²) >= 11 is 0. The Labute approximate surface area is 109 Å². The maximum Gasteiger partial charge on any atom is 0.139 e. The van der Waals surface area contributed by atoms with E-state index in [0.717, 1.165) is 23.7 Å². The van der Waals surface area contributed by atoms with Crippen molar-refractivity contribution in [3.05, 3.63) is 12.2 Å². The Morgan fingerprint density at radius 2 is 2.00 bits per heavy atom. The van der Waals surface area contributed by atoms with Gasteiger partial charge < -0.3 is 4.84 Å². The second kappa shape index (κ2) is 3.85. The summed E-state index contributed by atoms with van der Waals surface area (Å²) in [4.78, 5) is 5.89. The number of allylic oxidation sites excluding steroid dienone is 2. The Kier molecular flexibility index (Phi) is 2.37. The fourth-order valence-electron chi connectivity index (χ4n) is 5.18.